The summed E-state index contributed by atoms with van der Waals surface area (Å²) in [7, 11) is 0. The first-order valence-electron chi connectivity index (χ1n) is 6.72. The molecule has 2 N–H and O–H groups in total. The van der Waals surface area contributed by atoms with Crippen LogP contribution in [0.2, 0.25) is 0 Å². The van der Waals surface area contributed by atoms with Crippen molar-refractivity contribution in [1.29, 1.82) is 0 Å². The third-order valence-electron chi connectivity index (χ3n) is 3.75. The van der Waals surface area contributed by atoms with E-state index >= 15 is 0 Å². The number of fused-ring (bicyclic) bond motifs is 1. The van der Waals surface area contributed by atoms with Crippen LogP contribution in [-0.2, 0) is 11.2 Å². The maximum atomic E-state index is 11.4. The van der Waals surface area contributed by atoms with Crippen molar-refractivity contribution in [3.8, 4) is 0 Å². The van der Waals surface area contributed by atoms with Crippen molar-refractivity contribution >= 4 is 23.0 Å². The minimum atomic E-state index is -0.377. The first-order valence-corrected chi connectivity index (χ1v) is 6.72. The van der Waals surface area contributed by atoms with E-state index in [-0.39, 0.29) is 16.5 Å². The molecule has 0 atom stereocenters. The van der Waals surface area contributed by atoms with Gasteiger partial charge in [-0.25, -0.2) is 0 Å². The zero-order valence-electron chi connectivity index (χ0n) is 11.0. The lowest BCUT2D eigenvalue weighted by Crippen LogP contribution is -2.43. The molecule has 7 heteroatoms. The van der Waals surface area contributed by atoms with Crippen molar-refractivity contribution in [1.82, 2.24) is 5.32 Å². The fraction of sp³-hybridized carbons (Fsp3) is 0.462. The van der Waals surface area contributed by atoms with Crippen LogP contribution in [-0.4, -0.2) is 37.0 Å². The van der Waals surface area contributed by atoms with Crippen LogP contribution in [0, 0.1) is 10.1 Å². The van der Waals surface area contributed by atoms with E-state index in [1.54, 1.807) is 0 Å². The molecule has 0 aliphatic carbocycles. The molecule has 0 saturated carbocycles. The largest absolute Gasteiger partial charge is 0.363 e. The van der Waals surface area contributed by atoms with Gasteiger partial charge in [0, 0.05) is 38.7 Å². The van der Waals surface area contributed by atoms with Crippen LogP contribution >= 0.6 is 0 Å². The number of hydrogen-bond donors (Lipinski definition) is 2. The first-order chi connectivity index (χ1) is 9.65. The highest BCUT2D eigenvalue weighted by Crippen LogP contribution is 2.36. The number of nitro benzene ring substituents is 1. The Morgan fingerprint density at radius 1 is 1.20 bits per heavy atom. The normalized spacial score (nSPS) is 18.4. The number of rotatable bonds is 2. The molecule has 2 aliphatic heterocycles. The summed E-state index contributed by atoms with van der Waals surface area (Å²) >= 11 is 0. The molecule has 1 amide bonds. The van der Waals surface area contributed by atoms with Crippen LogP contribution in [0.4, 0.5) is 17.1 Å². The zero-order valence-corrected chi connectivity index (χ0v) is 11.0. The smallest absolute Gasteiger partial charge is 0.294 e. The lowest BCUT2D eigenvalue weighted by Gasteiger charge is -2.30. The summed E-state index contributed by atoms with van der Waals surface area (Å²) in [5.74, 6) is -0.0817. The predicted octanol–water partition coefficient (Wildman–Crippen LogP) is 0.889. The van der Waals surface area contributed by atoms with E-state index in [4.69, 9.17) is 0 Å². The van der Waals surface area contributed by atoms with E-state index in [2.05, 4.69) is 10.6 Å². The highest BCUT2D eigenvalue weighted by Gasteiger charge is 2.26. The van der Waals surface area contributed by atoms with Gasteiger partial charge in [0.05, 0.1) is 10.6 Å². The molecule has 3 rings (SSSR count). The SMILES string of the molecule is O=C1CCc2cc(N3CCNCC3)c([N+](=O)[O-])cc2N1. The van der Waals surface area contributed by atoms with Gasteiger partial charge >= 0.3 is 0 Å². The van der Waals surface area contributed by atoms with Gasteiger partial charge in [0.1, 0.15) is 5.69 Å². The van der Waals surface area contributed by atoms with Crippen molar-refractivity contribution in [3.05, 3.63) is 27.8 Å². The molecule has 0 aromatic heterocycles. The van der Waals surface area contributed by atoms with Gasteiger partial charge in [-0.15, -0.1) is 0 Å². The van der Waals surface area contributed by atoms with Crippen LogP contribution in [0.25, 0.3) is 0 Å². The van der Waals surface area contributed by atoms with Crippen LogP contribution in [0.5, 0.6) is 0 Å². The van der Waals surface area contributed by atoms with Gasteiger partial charge in [0.15, 0.2) is 0 Å². The van der Waals surface area contributed by atoms with Gasteiger partial charge < -0.3 is 15.5 Å². The van der Waals surface area contributed by atoms with Gasteiger partial charge in [0.25, 0.3) is 5.69 Å². The summed E-state index contributed by atoms with van der Waals surface area (Å²) in [6.07, 6.45) is 1.07. The number of anilines is 2. The van der Waals surface area contributed by atoms with Gasteiger partial charge in [-0.2, -0.15) is 0 Å². The Kier molecular flexibility index (Phi) is 3.27. The van der Waals surface area contributed by atoms with E-state index in [1.807, 2.05) is 11.0 Å². The molecular formula is C13H16N4O3. The van der Waals surface area contributed by atoms with Crippen molar-refractivity contribution in [2.45, 2.75) is 12.8 Å². The molecule has 7 nitrogen and oxygen atoms in total. The number of benzene rings is 1. The molecule has 0 spiro atoms. The Labute approximate surface area is 116 Å². The maximum Gasteiger partial charge on any atom is 0.294 e. The molecule has 2 aliphatic rings. The number of nitrogens with one attached hydrogen (secondary N) is 2. The Bertz CT molecular complexity index is 567. The molecule has 1 saturated heterocycles. The molecule has 1 aromatic rings. The fourth-order valence-electron chi connectivity index (χ4n) is 2.71. The van der Waals surface area contributed by atoms with Crippen molar-refractivity contribution < 1.29 is 9.72 Å². The van der Waals surface area contributed by atoms with Gasteiger partial charge in [-0.1, -0.05) is 0 Å². The minimum absolute atomic E-state index is 0.0628. The average Bonchev–Trinajstić information content (AvgIpc) is 2.46. The maximum absolute atomic E-state index is 11.4. The second kappa shape index (κ2) is 5.09. The van der Waals surface area contributed by atoms with Gasteiger partial charge in [-0.3, -0.25) is 14.9 Å². The highest BCUT2D eigenvalue weighted by atomic mass is 16.6. The van der Waals surface area contributed by atoms with Crippen LogP contribution in [0.1, 0.15) is 12.0 Å². The molecule has 20 heavy (non-hydrogen) atoms. The van der Waals surface area contributed by atoms with E-state index in [0.29, 0.717) is 24.2 Å². The summed E-state index contributed by atoms with van der Waals surface area (Å²) in [5.41, 5.74) is 2.27. The van der Waals surface area contributed by atoms with Gasteiger partial charge in [-0.05, 0) is 18.1 Å². The lowest BCUT2D eigenvalue weighted by atomic mass is 10.0. The number of nitrogens with zero attached hydrogens (tertiary/aromatic N) is 2. The number of piperazine rings is 1. The van der Waals surface area contributed by atoms with E-state index < -0.39 is 0 Å². The molecule has 0 bridgehead atoms. The number of aryl methyl sites for hydroxylation is 1. The van der Waals surface area contributed by atoms with Crippen molar-refractivity contribution in [2.24, 2.45) is 0 Å². The number of hydrogen-bond acceptors (Lipinski definition) is 5. The van der Waals surface area contributed by atoms with Crippen molar-refractivity contribution in [3.63, 3.8) is 0 Å². The molecule has 2 heterocycles. The topological polar surface area (TPSA) is 87.5 Å². The zero-order chi connectivity index (χ0) is 14.1. The summed E-state index contributed by atoms with van der Waals surface area (Å²) < 4.78 is 0. The van der Waals surface area contributed by atoms with Crippen molar-refractivity contribution in [2.75, 3.05) is 36.4 Å². The van der Waals surface area contributed by atoms with E-state index in [9.17, 15) is 14.9 Å². The third kappa shape index (κ3) is 2.32. The number of carbonyl (C=O) groups is 1. The number of carbonyl (C=O) groups excluding carboxylic acids is 1. The lowest BCUT2D eigenvalue weighted by molar-refractivity contribution is -0.384. The van der Waals surface area contributed by atoms with Crippen LogP contribution in [0.3, 0.4) is 0 Å². The van der Waals surface area contributed by atoms with Crippen LogP contribution in [0.15, 0.2) is 12.1 Å². The standard InChI is InChI=1S/C13H16N4O3/c18-13-2-1-9-7-11(16-5-3-14-4-6-16)12(17(19)20)8-10(9)15-13/h7-8,14H,1-6H2,(H,15,18). The third-order valence-corrected chi connectivity index (χ3v) is 3.75. The highest BCUT2D eigenvalue weighted by molar-refractivity contribution is 5.95. The molecular weight excluding hydrogens is 260 g/mol. The van der Waals surface area contributed by atoms with E-state index in [0.717, 1.165) is 31.7 Å². The quantitative estimate of drug-likeness (QED) is 0.618. The second-order valence-corrected chi connectivity index (χ2v) is 5.04. The Morgan fingerprint density at radius 3 is 2.65 bits per heavy atom. The second-order valence-electron chi connectivity index (χ2n) is 5.04. The average molecular weight is 276 g/mol. The summed E-state index contributed by atoms with van der Waals surface area (Å²) in [5, 5.41) is 17.2. The predicted molar refractivity (Wildman–Crippen MR) is 75.1 cm³/mol. The first kappa shape index (κ1) is 12.9. The Morgan fingerprint density at radius 2 is 1.95 bits per heavy atom. The van der Waals surface area contributed by atoms with E-state index in [1.165, 1.54) is 6.07 Å². The summed E-state index contributed by atoms with van der Waals surface area (Å²) in [6.45, 7) is 3.16. The molecule has 1 fully saturated rings. The monoisotopic (exact) mass is 276 g/mol. The van der Waals surface area contributed by atoms with Crippen LogP contribution < -0.4 is 15.5 Å². The summed E-state index contributed by atoms with van der Waals surface area (Å²) in [4.78, 5) is 24.3. The molecule has 1 aromatic carbocycles. The molecule has 106 valence electrons. The fourth-order valence-corrected chi connectivity index (χ4v) is 2.71. The summed E-state index contributed by atoms with van der Waals surface area (Å²) in [6, 6.07) is 3.35. The molecule has 0 radical (unpaired) electrons. The number of amides is 1. The molecule has 0 unspecified atom stereocenters. The Balaban J connectivity index is 2.03. The number of nitro groups is 1. The van der Waals surface area contributed by atoms with Gasteiger partial charge in [0.2, 0.25) is 5.91 Å². The minimum Gasteiger partial charge on any atom is -0.363 e. The Hall–Kier alpha value is -2.15.